The molecule has 1 aromatic heterocycles. The molecule has 74 valence electrons. The number of hydrogen-bond donors (Lipinski definition) is 1. The number of pyridine rings is 1. The van der Waals surface area contributed by atoms with Gasteiger partial charge in [0.05, 0.1) is 5.56 Å². The van der Waals surface area contributed by atoms with E-state index in [0.29, 0.717) is 0 Å². The van der Waals surface area contributed by atoms with E-state index >= 15 is 0 Å². The normalized spacial score (nSPS) is 16.6. The highest BCUT2D eigenvalue weighted by atomic mass is 32.3. The molecule has 1 aliphatic heterocycles. The Labute approximate surface area is 78.8 Å². The third kappa shape index (κ3) is 1.25. The number of rotatable bonds is 1. The molecule has 14 heavy (non-hydrogen) atoms. The summed E-state index contributed by atoms with van der Waals surface area (Å²) in [7, 11) is -4.13. The second-order valence-corrected chi connectivity index (χ2v) is 3.58. The van der Waals surface area contributed by atoms with Crippen LogP contribution in [0.2, 0.25) is 0 Å². The van der Waals surface area contributed by atoms with Crippen LogP contribution in [-0.2, 0) is 10.4 Å². The molecule has 2 rings (SSSR count). The van der Waals surface area contributed by atoms with Gasteiger partial charge in [-0.15, -0.1) is 8.42 Å². The van der Waals surface area contributed by atoms with Gasteiger partial charge in [-0.3, -0.25) is 4.79 Å². The fourth-order valence-corrected chi connectivity index (χ4v) is 1.69. The molecule has 2 N–H and O–H groups in total. The van der Waals surface area contributed by atoms with Gasteiger partial charge in [-0.2, -0.15) is 0 Å². The molecule has 1 aromatic rings. The van der Waals surface area contributed by atoms with Crippen LogP contribution in [0.5, 0.6) is 11.6 Å². The number of fused-ring (bicyclic) bond motifs is 1. The standard InChI is InChI=1S/C6H4N2O5S/c7-5(9)3-1-2-8-6-4(3)12-14(10,11)13-6/h1-2H,(H2,7,9). The molecule has 0 atom stereocenters. The summed E-state index contributed by atoms with van der Waals surface area (Å²) < 4.78 is 30.3. The van der Waals surface area contributed by atoms with E-state index < -0.39 is 16.3 Å². The van der Waals surface area contributed by atoms with Crippen molar-refractivity contribution in [1.82, 2.24) is 4.98 Å². The first-order chi connectivity index (χ1) is 6.49. The minimum atomic E-state index is -4.13. The van der Waals surface area contributed by atoms with E-state index in [0.717, 1.165) is 0 Å². The predicted molar refractivity (Wildman–Crippen MR) is 42.9 cm³/mol. The molecule has 0 fully saturated rings. The lowest BCUT2D eigenvalue weighted by molar-refractivity contribution is 0.0999. The van der Waals surface area contributed by atoms with Gasteiger partial charge >= 0.3 is 10.4 Å². The largest absolute Gasteiger partial charge is 0.502 e. The lowest BCUT2D eigenvalue weighted by Crippen LogP contribution is -2.13. The van der Waals surface area contributed by atoms with Crippen LogP contribution in [0.1, 0.15) is 10.4 Å². The van der Waals surface area contributed by atoms with Crippen molar-refractivity contribution in [2.75, 3.05) is 0 Å². The maximum Gasteiger partial charge on any atom is 0.502 e. The monoisotopic (exact) mass is 216 g/mol. The molecular formula is C6H4N2O5S. The predicted octanol–water partition coefficient (Wildman–Crippen LogP) is -0.804. The minimum Gasteiger partial charge on any atom is -0.365 e. The second kappa shape index (κ2) is 2.58. The fourth-order valence-electron chi connectivity index (χ4n) is 0.979. The molecule has 2 heterocycles. The molecule has 1 amide bonds. The smallest absolute Gasteiger partial charge is 0.365 e. The molecule has 0 aliphatic carbocycles. The summed E-state index contributed by atoms with van der Waals surface area (Å²) in [6.07, 6.45) is 1.20. The van der Waals surface area contributed by atoms with Crippen LogP contribution in [0.4, 0.5) is 0 Å². The highest BCUT2D eigenvalue weighted by Gasteiger charge is 2.33. The number of carbonyl (C=O) groups excluding carboxylic acids is 1. The molecule has 1 aliphatic rings. The van der Waals surface area contributed by atoms with Crippen molar-refractivity contribution >= 4 is 16.3 Å². The van der Waals surface area contributed by atoms with Crippen molar-refractivity contribution in [3.63, 3.8) is 0 Å². The number of nitrogens with zero attached hydrogens (tertiary/aromatic N) is 1. The summed E-state index contributed by atoms with van der Waals surface area (Å²) in [5.74, 6) is -1.36. The van der Waals surface area contributed by atoms with E-state index in [4.69, 9.17) is 5.73 Å². The first-order valence-electron chi connectivity index (χ1n) is 3.42. The molecule has 0 spiro atoms. The number of primary amides is 1. The fraction of sp³-hybridized carbons (Fsp3) is 0. The number of amides is 1. The number of nitrogens with two attached hydrogens (primary N) is 1. The Balaban J connectivity index is 2.63. The van der Waals surface area contributed by atoms with Crippen molar-refractivity contribution in [3.8, 4) is 11.6 Å². The Hall–Kier alpha value is -1.83. The van der Waals surface area contributed by atoms with E-state index in [9.17, 15) is 13.2 Å². The minimum absolute atomic E-state index is 0.0870. The maximum absolute atomic E-state index is 10.8. The van der Waals surface area contributed by atoms with Gasteiger partial charge in [0.25, 0.3) is 11.8 Å². The van der Waals surface area contributed by atoms with Gasteiger partial charge in [0.15, 0.2) is 0 Å². The lowest BCUT2D eigenvalue weighted by atomic mass is 10.2. The SMILES string of the molecule is NC(=O)c1ccnc2c1OS(=O)(=O)O2. The van der Waals surface area contributed by atoms with Crippen LogP contribution in [0.25, 0.3) is 0 Å². The van der Waals surface area contributed by atoms with Gasteiger partial charge in [-0.05, 0) is 6.07 Å². The summed E-state index contributed by atoms with van der Waals surface area (Å²) in [5, 5.41) is 0. The molecule has 8 heteroatoms. The van der Waals surface area contributed by atoms with Crippen LogP contribution >= 0.6 is 0 Å². The lowest BCUT2D eigenvalue weighted by Gasteiger charge is -1.96. The van der Waals surface area contributed by atoms with Gasteiger partial charge in [-0.25, -0.2) is 4.98 Å². The maximum atomic E-state index is 10.8. The zero-order chi connectivity index (χ0) is 10.3. The van der Waals surface area contributed by atoms with Gasteiger partial charge < -0.3 is 14.1 Å². The van der Waals surface area contributed by atoms with Crippen LogP contribution in [0.3, 0.4) is 0 Å². The van der Waals surface area contributed by atoms with Gasteiger partial charge in [-0.1, -0.05) is 0 Å². The van der Waals surface area contributed by atoms with Gasteiger partial charge in [0.2, 0.25) is 5.75 Å². The molecule has 0 unspecified atom stereocenters. The Morgan fingerprint density at radius 1 is 1.43 bits per heavy atom. The summed E-state index contributed by atoms with van der Waals surface area (Å²) in [6.45, 7) is 0. The van der Waals surface area contributed by atoms with Crippen molar-refractivity contribution in [2.24, 2.45) is 5.73 Å². The average molecular weight is 216 g/mol. The van der Waals surface area contributed by atoms with E-state index in [1.54, 1.807) is 0 Å². The Morgan fingerprint density at radius 3 is 2.79 bits per heavy atom. The number of carbonyl (C=O) groups is 1. The molecule has 0 saturated heterocycles. The molecule has 0 aromatic carbocycles. The molecule has 0 radical (unpaired) electrons. The third-order valence-corrected chi connectivity index (χ3v) is 2.24. The van der Waals surface area contributed by atoms with Crippen LogP contribution in [0, 0.1) is 0 Å². The number of hydrogen-bond acceptors (Lipinski definition) is 6. The van der Waals surface area contributed by atoms with E-state index in [1.807, 2.05) is 0 Å². The Bertz CT molecular complexity index is 509. The first-order valence-corrected chi connectivity index (χ1v) is 4.75. The van der Waals surface area contributed by atoms with E-state index in [1.165, 1.54) is 12.3 Å². The first kappa shape index (κ1) is 8.75. The summed E-state index contributed by atoms with van der Waals surface area (Å²) >= 11 is 0. The van der Waals surface area contributed by atoms with Crippen LogP contribution in [-0.4, -0.2) is 19.3 Å². The van der Waals surface area contributed by atoms with Crippen molar-refractivity contribution in [3.05, 3.63) is 17.8 Å². The van der Waals surface area contributed by atoms with E-state index in [-0.39, 0.29) is 17.2 Å². The van der Waals surface area contributed by atoms with E-state index in [2.05, 4.69) is 13.4 Å². The average Bonchev–Trinajstić information content (AvgIpc) is 2.36. The zero-order valence-corrected chi connectivity index (χ0v) is 7.45. The molecule has 0 bridgehead atoms. The number of aromatic nitrogens is 1. The van der Waals surface area contributed by atoms with Crippen molar-refractivity contribution in [1.29, 1.82) is 0 Å². The molecular weight excluding hydrogens is 212 g/mol. The third-order valence-electron chi connectivity index (χ3n) is 1.50. The van der Waals surface area contributed by atoms with Crippen molar-refractivity contribution in [2.45, 2.75) is 0 Å². The Morgan fingerprint density at radius 2 is 2.14 bits per heavy atom. The molecule has 7 nitrogen and oxygen atoms in total. The Kier molecular flexibility index (Phi) is 1.61. The quantitative estimate of drug-likeness (QED) is 0.658. The van der Waals surface area contributed by atoms with Crippen LogP contribution in [0.15, 0.2) is 12.3 Å². The summed E-state index contributed by atoms with van der Waals surface area (Å²) in [6, 6.07) is 1.24. The topological polar surface area (TPSA) is 109 Å². The second-order valence-electron chi connectivity index (χ2n) is 2.43. The molecule has 0 saturated carbocycles. The van der Waals surface area contributed by atoms with Crippen molar-refractivity contribution < 1.29 is 21.6 Å². The summed E-state index contributed by atoms with van der Waals surface area (Å²) in [4.78, 5) is 14.4. The zero-order valence-electron chi connectivity index (χ0n) is 6.63. The highest BCUT2D eigenvalue weighted by Crippen LogP contribution is 2.35. The summed E-state index contributed by atoms with van der Waals surface area (Å²) in [5.41, 5.74) is 4.89. The van der Waals surface area contributed by atoms with Crippen LogP contribution < -0.4 is 14.1 Å². The highest BCUT2D eigenvalue weighted by molar-refractivity contribution is 7.82. The van der Waals surface area contributed by atoms with Gasteiger partial charge in [0.1, 0.15) is 0 Å². The van der Waals surface area contributed by atoms with Gasteiger partial charge in [0, 0.05) is 6.20 Å².